The molecule has 1 fully saturated rings. The van der Waals surface area contributed by atoms with Crippen LogP contribution in [0.25, 0.3) is 0 Å². The van der Waals surface area contributed by atoms with E-state index in [1.165, 1.54) is 12.1 Å². The van der Waals surface area contributed by atoms with Gasteiger partial charge in [-0.05, 0) is 23.8 Å². The van der Waals surface area contributed by atoms with Crippen molar-refractivity contribution >= 4 is 5.91 Å². The monoisotopic (exact) mass is 390 g/mol. The van der Waals surface area contributed by atoms with Gasteiger partial charge in [-0.2, -0.15) is 0 Å². The highest BCUT2D eigenvalue weighted by atomic mass is 19.3. The Kier molecular flexibility index (Phi) is 5.02. The smallest absolute Gasteiger partial charge is 0.261 e. The van der Waals surface area contributed by atoms with E-state index in [9.17, 15) is 18.0 Å². The van der Waals surface area contributed by atoms with Gasteiger partial charge in [-0.3, -0.25) is 9.69 Å². The van der Waals surface area contributed by atoms with Gasteiger partial charge in [0.2, 0.25) is 5.91 Å². The number of hydrogen-bond donors (Lipinski definition) is 1. The number of benzene rings is 2. The zero-order valence-corrected chi connectivity index (χ0v) is 15.2. The van der Waals surface area contributed by atoms with Crippen LogP contribution in [-0.4, -0.2) is 42.5 Å². The Balaban J connectivity index is 1.53. The zero-order chi connectivity index (χ0) is 19.7. The number of para-hydroxylation sites is 1. The molecule has 2 aromatic carbocycles. The minimum Gasteiger partial charge on any atom is -0.491 e. The van der Waals surface area contributed by atoms with Crippen LogP contribution in [0.2, 0.25) is 0 Å². The molecule has 28 heavy (non-hydrogen) atoms. The number of alkyl halides is 2. The largest absolute Gasteiger partial charge is 0.491 e. The number of halogens is 3. The Bertz CT molecular complexity index is 857. The van der Waals surface area contributed by atoms with Crippen LogP contribution in [0.3, 0.4) is 0 Å². The second kappa shape index (κ2) is 7.47. The topological polar surface area (TPSA) is 41.6 Å². The van der Waals surface area contributed by atoms with Gasteiger partial charge < -0.3 is 10.1 Å². The second-order valence-electron chi connectivity index (χ2n) is 7.35. The van der Waals surface area contributed by atoms with Gasteiger partial charge in [-0.15, -0.1) is 0 Å². The molecule has 0 radical (unpaired) electrons. The third kappa shape index (κ3) is 3.99. The minimum atomic E-state index is -2.73. The fourth-order valence-electron chi connectivity index (χ4n) is 3.96. The third-order valence-corrected chi connectivity index (χ3v) is 5.25. The van der Waals surface area contributed by atoms with Gasteiger partial charge in [0, 0.05) is 18.5 Å². The Morgan fingerprint density at radius 1 is 1.18 bits per heavy atom. The minimum absolute atomic E-state index is 0.0846. The molecule has 2 aliphatic heterocycles. The van der Waals surface area contributed by atoms with E-state index in [2.05, 4.69) is 5.32 Å². The average molecular weight is 390 g/mol. The normalized spacial score (nSPS) is 23.7. The molecular formula is C21H21F3N2O2. The van der Waals surface area contributed by atoms with Crippen LogP contribution >= 0.6 is 0 Å². The molecule has 2 atom stereocenters. The Morgan fingerprint density at radius 3 is 2.64 bits per heavy atom. The molecule has 2 unspecified atom stereocenters. The van der Waals surface area contributed by atoms with Crippen molar-refractivity contribution < 1.29 is 22.7 Å². The van der Waals surface area contributed by atoms with Crippen molar-refractivity contribution in [1.29, 1.82) is 0 Å². The van der Waals surface area contributed by atoms with E-state index >= 15 is 0 Å². The quantitative estimate of drug-likeness (QED) is 0.871. The van der Waals surface area contributed by atoms with Crippen molar-refractivity contribution in [3.63, 3.8) is 0 Å². The molecule has 4 nitrogen and oxygen atoms in total. The summed E-state index contributed by atoms with van der Waals surface area (Å²) in [6.45, 7) is 0.131. The zero-order valence-electron chi connectivity index (χ0n) is 15.2. The van der Waals surface area contributed by atoms with Crippen LogP contribution in [0.5, 0.6) is 5.75 Å². The Hall–Kier alpha value is -2.54. The predicted molar refractivity (Wildman–Crippen MR) is 97.8 cm³/mol. The van der Waals surface area contributed by atoms with E-state index in [1.54, 1.807) is 17.0 Å². The van der Waals surface area contributed by atoms with Gasteiger partial charge >= 0.3 is 0 Å². The average Bonchev–Trinajstić information content (AvgIpc) is 3.02. The summed E-state index contributed by atoms with van der Waals surface area (Å²) in [5, 5.41) is 2.93. The van der Waals surface area contributed by atoms with Crippen molar-refractivity contribution in [1.82, 2.24) is 10.2 Å². The maximum absolute atomic E-state index is 13.8. The molecule has 1 saturated heterocycles. The first kappa shape index (κ1) is 18.8. The van der Waals surface area contributed by atoms with Gasteiger partial charge in [0.25, 0.3) is 5.92 Å². The van der Waals surface area contributed by atoms with E-state index in [4.69, 9.17) is 4.74 Å². The summed E-state index contributed by atoms with van der Waals surface area (Å²) in [7, 11) is 0. The van der Waals surface area contributed by atoms with Crippen molar-refractivity contribution in [2.45, 2.75) is 30.8 Å². The lowest BCUT2D eigenvalue weighted by Gasteiger charge is -2.39. The third-order valence-electron chi connectivity index (χ3n) is 5.25. The maximum atomic E-state index is 13.8. The summed E-state index contributed by atoms with van der Waals surface area (Å²) < 4.78 is 46.5. The van der Waals surface area contributed by atoms with E-state index in [0.717, 1.165) is 5.56 Å². The molecule has 0 saturated carbocycles. The first-order valence-corrected chi connectivity index (χ1v) is 9.29. The molecule has 0 bridgehead atoms. The predicted octanol–water partition coefficient (Wildman–Crippen LogP) is 3.33. The number of nitrogens with one attached hydrogen (secondary N) is 1. The molecule has 0 aliphatic carbocycles. The highest BCUT2D eigenvalue weighted by Crippen LogP contribution is 2.40. The second-order valence-corrected chi connectivity index (χ2v) is 7.35. The number of amides is 1. The Labute approximate surface area is 161 Å². The van der Waals surface area contributed by atoms with Crippen LogP contribution < -0.4 is 10.1 Å². The van der Waals surface area contributed by atoms with Crippen LogP contribution in [0.1, 0.15) is 23.6 Å². The fourth-order valence-corrected chi connectivity index (χ4v) is 3.96. The van der Waals surface area contributed by atoms with Crippen molar-refractivity contribution in [3.05, 3.63) is 65.5 Å². The SMILES string of the molecule is O=C(Cc1ccc(F)cc1)NC1COc2ccccc2C1N1CCC(F)(F)C1. The fraction of sp³-hybridized carbons (Fsp3) is 0.381. The lowest BCUT2D eigenvalue weighted by Crippen LogP contribution is -2.51. The molecule has 0 spiro atoms. The van der Waals surface area contributed by atoms with E-state index in [1.807, 2.05) is 24.3 Å². The molecule has 4 rings (SSSR count). The van der Waals surface area contributed by atoms with Crippen molar-refractivity contribution in [2.75, 3.05) is 19.7 Å². The van der Waals surface area contributed by atoms with E-state index < -0.39 is 12.0 Å². The van der Waals surface area contributed by atoms with Gasteiger partial charge in [-0.25, -0.2) is 13.2 Å². The first-order chi connectivity index (χ1) is 13.4. The van der Waals surface area contributed by atoms with Crippen LogP contribution in [0, 0.1) is 5.82 Å². The molecule has 7 heteroatoms. The molecule has 2 aliphatic rings. The lowest BCUT2D eigenvalue weighted by atomic mass is 9.94. The molecule has 1 amide bonds. The Morgan fingerprint density at radius 2 is 1.93 bits per heavy atom. The number of ether oxygens (including phenoxy) is 1. The standard InChI is InChI=1S/C21H21F3N2O2/c22-15-7-5-14(6-8-15)11-19(27)25-17-12-28-18-4-2-1-3-16(18)20(17)26-10-9-21(23,24)13-26/h1-8,17,20H,9-13H2,(H,25,27). The summed E-state index contributed by atoms with van der Waals surface area (Å²) >= 11 is 0. The van der Waals surface area contributed by atoms with E-state index in [-0.39, 0.29) is 50.3 Å². The van der Waals surface area contributed by atoms with Gasteiger partial charge in [0.05, 0.1) is 25.0 Å². The number of nitrogens with zero attached hydrogens (tertiary/aromatic N) is 1. The van der Waals surface area contributed by atoms with Gasteiger partial charge in [-0.1, -0.05) is 30.3 Å². The number of carbonyl (C=O) groups is 1. The highest BCUT2D eigenvalue weighted by Gasteiger charge is 2.45. The van der Waals surface area contributed by atoms with Gasteiger partial charge in [0.1, 0.15) is 18.2 Å². The maximum Gasteiger partial charge on any atom is 0.261 e. The van der Waals surface area contributed by atoms with Crippen molar-refractivity contribution in [3.8, 4) is 5.75 Å². The summed E-state index contributed by atoms with van der Waals surface area (Å²) in [6, 6.07) is 12.2. The van der Waals surface area contributed by atoms with E-state index in [0.29, 0.717) is 11.3 Å². The molecule has 0 aromatic heterocycles. The lowest BCUT2D eigenvalue weighted by molar-refractivity contribution is -0.122. The van der Waals surface area contributed by atoms with Crippen molar-refractivity contribution in [2.24, 2.45) is 0 Å². The molecule has 2 aromatic rings. The van der Waals surface area contributed by atoms with Crippen LogP contribution in [0.4, 0.5) is 13.2 Å². The first-order valence-electron chi connectivity index (χ1n) is 9.29. The van der Waals surface area contributed by atoms with Crippen LogP contribution in [-0.2, 0) is 11.2 Å². The molecule has 2 heterocycles. The number of fused-ring (bicyclic) bond motifs is 1. The van der Waals surface area contributed by atoms with Gasteiger partial charge in [0.15, 0.2) is 0 Å². The number of rotatable bonds is 4. The molecular weight excluding hydrogens is 369 g/mol. The summed E-state index contributed by atoms with van der Waals surface area (Å²) in [6.07, 6.45) is -0.107. The summed E-state index contributed by atoms with van der Waals surface area (Å²) in [4.78, 5) is 14.3. The summed E-state index contributed by atoms with van der Waals surface area (Å²) in [5.41, 5.74) is 1.49. The summed E-state index contributed by atoms with van der Waals surface area (Å²) in [5.74, 6) is -2.69. The number of hydrogen-bond acceptors (Lipinski definition) is 3. The number of likely N-dealkylation sites (tertiary alicyclic amines) is 1. The molecule has 148 valence electrons. The molecule has 1 N–H and O–H groups in total. The highest BCUT2D eigenvalue weighted by molar-refractivity contribution is 5.79. The number of carbonyl (C=O) groups excluding carboxylic acids is 1. The van der Waals surface area contributed by atoms with Crippen LogP contribution in [0.15, 0.2) is 48.5 Å².